The first-order valence-corrected chi connectivity index (χ1v) is 8.54. The van der Waals surface area contributed by atoms with Crippen molar-refractivity contribution in [2.75, 3.05) is 19.7 Å². The van der Waals surface area contributed by atoms with Gasteiger partial charge < -0.3 is 25.6 Å². The van der Waals surface area contributed by atoms with Crippen molar-refractivity contribution in [3.63, 3.8) is 0 Å². The number of aromatic nitrogens is 1. The number of aliphatic hydroxyl groups is 2. The van der Waals surface area contributed by atoms with Crippen LogP contribution in [-0.2, 0) is 4.74 Å². The molecule has 2 heterocycles. The molecule has 2 aromatic rings. The summed E-state index contributed by atoms with van der Waals surface area (Å²) >= 11 is 0. The number of carbonyl (C=O) groups excluding carboxylic acids is 2. The summed E-state index contributed by atoms with van der Waals surface area (Å²) in [6.07, 6.45) is -0.557. The fourth-order valence-corrected chi connectivity index (χ4v) is 2.81. The van der Waals surface area contributed by atoms with E-state index in [0.717, 1.165) is 0 Å². The Labute approximate surface area is 156 Å². The number of hydrogen-bond acceptors (Lipinski definition) is 6. The molecule has 1 saturated heterocycles. The zero-order chi connectivity index (χ0) is 19.3. The SMILES string of the molecule is O=C(NC[C@]1(O)CO[C@H](CNC(=O)c2ccccn2)[C@H]1O)c1ccccc1. The molecule has 4 N–H and O–H groups in total. The van der Waals surface area contributed by atoms with Gasteiger partial charge in [-0.1, -0.05) is 24.3 Å². The van der Waals surface area contributed by atoms with Crippen LogP contribution in [0.5, 0.6) is 0 Å². The molecular weight excluding hydrogens is 350 g/mol. The van der Waals surface area contributed by atoms with Gasteiger partial charge in [-0.25, -0.2) is 0 Å². The second-order valence-corrected chi connectivity index (χ2v) is 6.37. The van der Waals surface area contributed by atoms with E-state index < -0.39 is 23.7 Å². The predicted molar refractivity (Wildman–Crippen MR) is 96.0 cm³/mol. The molecule has 0 radical (unpaired) electrons. The Morgan fingerprint density at radius 2 is 1.85 bits per heavy atom. The van der Waals surface area contributed by atoms with Gasteiger partial charge in [0.05, 0.1) is 13.2 Å². The number of hydrogen-bond donors (Lipinski definition) is 4. The minimum absolute atomic E-state index is 0.00547. The molecule has 1 aromatic heterocycles. The van der Waals surface area contributed by atoms with Crippen molar-refractivity contribution in [2.24, 2.45) is 0 Å². The van der Waals surface area contributed by atoms with Crippen LogP contribution in [0.25, 0.3) is 0 Å². The van der Waals surface area contributed by atoms with Crippen LogP contribution in [0, 0.1) is 0 Å². The molecule has 3 atom stereocenters. The average Bonchev–Trinajstić information content (AvgIpc) is 3.00. The average molecular weight is 371 g/mol. The molecule has 2 amide bonds. The third-order valence-electron chi connectivity index (χ3n) is 4.40. The molecule has 1 aliphatic rings. The summed E-state index contributed by atoms with van der Waals surface area (Å²) in [5, 5.41) is 26.2. The van der Waals surface area contributed by atoms with E-state index in [4.69, 9.17) is 4.74 Å². The first-order chi connectivity index (χ1) is 13.0. The van der Waals surface area contributed by atoms with E-state index in [2.05, 4.69) is 15.6 Å². The number of nitrogens with one attached hydrogen (secondary N) is 2. The van der Waals surface area contributed by atoms with Crippen molar-refractivity contribution in [2.45, 2.75) is 17.8 Å². The molecular formula is C19H21N3O5. The largest absolute Gasteiger partial charge is 0.387 e. The number of rotatable bonds is 6. The number of amides is 2. The summed E-state index contributed by atoms with van der Waals surface area (Å²) < 4.78 is 5.42. The van der Waals surface area contributed by atoms with Gasteiger partial charge in [0.2, 0.25) is 0 Å². The van der Waals surface area contributed by atoms with Crippen molar-refractivity contribution < 1.29 is 24.5 Å². The van der Waals surface area contributed by atoms with E-state index in [1.165, 1.54) is 6.20 Å². The summed E-state index contributed by atoms with van der Waals surface area (Å²) in [6, 6.07) is 13.5. The van der Waals surface area contributed by atoms with Crippen LogP contribution in [0.3, 0.4) is 0 Å². The van der Waals surface area contributed by atoms with Gasteiger partial charge in [0, 0.05) is 18.3 Å². The molecule has 0 saturated carbocycles. The number of benzene rings is 1. The molecule has 1 fully saturated rings. The maximum atomic E-state index is 12.1. The Balaban J connectivity index is 1.51. The highest BCUT2D eigenvalue weighted by Crippen LogP contribution is 2.24. The van der Waals surface area contributed by atoms with E-state index in [1.54, 1.807) is 48.5 Å². The Hall–Kier alpha value is -2.81. The standard InChI is InChI=1S/C19H21N3O5/c23-16-15(10-21-18(25)14-8-4-5-9-20-14)27-12-19(16,26)11-22-17(24)13-6-2-1-3-7-13/h1-9,15-16,23,26H,10-12H2,(H,21,25)(H,22,24)/t15-,16-,19+/m1/s1. The molecule has 0 spiro atoms. The maximum Gasteiger partial charge on any atom is 0.269 e. The smallest absolute Gasteiger partial charge is 0.269 e. The molecule has 0 aliphatic carbocycles. The minimum atomic E-state index is -1.63. The molecule has 0 bridgehead atoms. The second kappa shape index (κ2) is 8.26. The van der Waals surface area contributed by atoms with Crippen LogP contribution in [0.2, 0.25) is 0 Å². The zero-order valence-electron chi connectivity index (χ0n) is 14.5. The van der Waals surface area contributed by atoms with Gasteiger partial charge in [-0.3, -0.25) is 14.6 Å². The van der Waals surface area contributed by atoms with Gasteiger partial charge in [-0.2, -0.15) is 0 Å². The molecule has 1 aromatic carbocycles. The summed E-state index contributed by atoms with van der Waals surface area (Å²) in [5.74, 6) is -0.762. The molecule has 8 nitrogen and oxygen atoms in total. The van der Waals surface area contributed by atoms with E-state index in [0.29, 0.717) is 5.56 Å². The van der Waals surface area contributed by atoms with Crippen molar-refractivity contribution >= 4 is 11.8 Å². The van der Waals surface area contributed by atoms with Gasteiger partial charge in [-0.05, 0) is 24.3 Å². The lowest BCUT2D eigenvalue weighted by atomic mass is 9.96. The number of pyridine rings is 1. The predicted octanol–water partition coefficient (Wildman–Crippen LogP) is -0.268. The minimum Gasteiger partial charge on any atom is -0.387 e. The molecule has 8 heteroatoms. The number of nitrogens with zero attached hydrogens (tertiary/aromatic N) is 1. The van der Waals surface area contributed by atoms with Crippen LogP contribution in [0.4, 0.5) is 0 Å². The third kappa shape index (κ3) is 4.48. The third-order valence-corrected chi connectivity index (χ3v) is 4.40. The lowest BCUT2D eigenvalue weighted by Gasteiger charge is -2.26. The van der Waals surface area contributed by atoms with Crippen LogP contribution in [0.1, 0.15) is 20.8 Å². The molecule has 1 aliphatic heterocycles. The van der Waals surface area contributed by atoms with Crippen LogP contribution >= 0.6 is 0 Å². The fraction of sp³-hybridized carbons (Fsp3) is 0.316. The highest BCUT2D eigenvalue weighted by Gasteiger charge is 2.48. The topological polar surface area (TPSA) is 121 Å². The van der Waals surface area contributed by atoms with E-state index >= 15 is 0 Å². The second-order valence-electron chi connectivity index (χ2n) is 6.37. The maximum absolute atomic E-state index is 12.1. The van der Waals surface area contributed by atoms with Crippen LogP contribution in [0.15, 0.2) is 54.7 Å². The number of aliphatic hydroxyl groups excluding tert-OH is 1. The molecule has 27 heavy (non-hydrogen) atoms. The summed E-state index contributed by atoms with van der Waals surface area (Å²) in [6.45, 7) is -0.328. The first-order valence-electron chi connectivity index (χ1n) is 8.54. The van der Waals surface area contributed by atoms with Gasteiger partial charge in [0.15, 0.2) is 0 Å². The zero-order valence-corrected chi connectivity index (χ0v) is 14.5. The lowest BCUT2D eigenvalue weighted by Crippen LogP contribution is -2.53. The van der Waals surface area contributed by atoms with E-state index in [-0.39, 0.29) is 31.3 Å². The summed E-state index contributed by atoms with van der Waals surface area (Å²) in [4.78, 5) is 28.0. The summed E-state index contributed by atoms with van der Waals surface area (Å²) in [5.41, 5.74) is -0.936. The lowest BCUT2D eigenvalue weighted by molar-refractivity contribution is -0.0464. The highest BCUT2D eigenvalue weighted by atomic mass is 16.5. The van der Waals surface area contributed by atoms with E-state index in [9.17, 15) is 19.8 Å². The molecule has 142 valence electrons. The van der Waals surface area contributed by atoms with Gasteiger partial charge in [0.25, 0.3) is 11.8 Å². The van der Waals surface area contributed by atoms with Gasteiger partial charge >= 0.3 is 0 Å². The first kappa shape index (κ1) is 19.0. The Morgan fingerprint density at radius 3 is 2.56 bits per heavy atom. The number of carbonyl (C=O) groups is 2. The van der Waals surface area contributed by atoms with E-state index in [1.807, 2.05) is 0 Å². The Morgan fingerprint density at radius 1 is 1.11 bits per heavy atom. The fourth-order valence-electron chi connectivity index (χ4n) is 2.81. The van der Waals surface area contributed by atoms with Crippen LogP contribution in [-0.4, -0.2) is 64.5 Å². The Kier molecular flexibility index (Phi) is 5.80. The van der Waals surface area contributed by atoms with Gasteiger partial charge in [-0.15, -0.1) is 0 Å². The van der Waals surface area contributed by atoms with Gasteiger partial charge in [0.1, 0.15) is 23.5 Å². The molecule has 0 unspecified atom stereocenters. The van der Waals surface area contributed by atoms with Crippen molar-refractivity contribution in [3.8, 4) is 0 Å². The normalized spacial score (nSPS) is 24.4. The Bertz CT molecular complexity index is 786. The van der Waals surface area contributed by atoms with Crippen molar-refractivity contribution in [3.05, 3.63) is 66.0 Å². The monoisotopic (exact) mass is 371 g/mol. The number of ether oxygens (including phenoxy) is 1. The van der Waals surface area contributed by atoms with Crippen LogP contribution < -0.4 is 10.6 Å². The summed E-state index contributed by atoms with van der Waals surface area (Å²) in [7, 11) is 0. The van der Waals surface area contributed by atoms with Crippen molar-refractivity contribution in [1.29, 1.82) is 0 Å². The quantitative estimate of drug-likeness (QED) is 0.555. The van der Waals surface area contributed by atoms with Crippen molar-refractivity contribution in [1.82, 2.24) is 15.6 Å². The molecule has 3 rings (SSSR count). The highest BCUT2D eigenvalue weighted by molar-refractivity contribution is 5.94.